The number of aliphatic hydroxyl groups is 2. The summed E-state index contributed by atoms with van der Waals surface area (Å²) in [4.78, 5) is 19.8. The van der Waals surface area contributed by atoms with Crippen LogP contribution in [0.2, 0.25) is 0 Å². The Morgan fingerprint density at radius 3 is 2.55 bits per heavy atom. The molecule has 5 rings (SSSR count). The zero-order valence-corrected chi connectivity index (χ0v) is 22.9. The number of nitrogens with zero attached hydrogens (tertiary/aromatic N) is 2. The SMILES string of the molecule is COc1cccc2[nH]c(C)c(C3CCN(CC(O)C4CCN(C(=O)/C=C/c5cc(F)cc(F)c5)CC4)CC3O)c12. The molecule has 1 aromatic heterocycles. The number of H-pyrrole nitrogens is 1. The third-order valence-corrected chi connectivity index (χ3v) is 8.42. The van der Waals surface area contributed by atoms with Crippen LogP contribution < -0.4 is 4.74 Å². The number of aryl methyl sites for hydroxylation is 1. The van der Waals surface area contributed by atoms with Crippen LogP contribution in [-0.2, 0) is 4.79 Å². The van der Waals surface area contributed by atoms with Crippen molar-refractivity contribution in [3.63, 3.8) is 0 Å². The molecule has 3 heterocycles. The molecule has 9 heteroatoms. The highest BCUT2D eigenvalue weighted by Gasteiger charge is 2.35. The zero-order chi connectivity index (χ0) is 28.4. The number of aromatic amines is 1. The van der Waals surface area contributed by atoms with Gasteiger partial charge in [-0.1, -0.05) is 6.07 Å². The van der Waals surface area contributed by atoms with E-state index < -0.39 is 23.8 Å². The van der Waals surface area contributed by atoms with Crippen LogP contribution in [0.4, 0.5) is 8.78 Å². The summed E-state index contributed by atoms with van der Waals surface area (Å²) in [7, 11) is 1.66. The molecule has 0 bridgehead atoms. The third kappa shape index (κ3) is 6.06. The molecule has 2 aromatic carbocycles. The van der Waals surface area contributed by atoms with E-state index in [4.69, 9.17) is 4.74 Å². The standard InChI is InChI=1S/C31H37F2N3O4/c1-19-30(31-25(34-19)4-3-5-28(31)40-2)24-10-11-35(18-27(24)38)17-26(37)21-8-12-36(13-9-21)29(39)7-6-20-14-22(32)16-23(33)15-20/h3-7,14-16,21,24,26-27,34,37-38H,8-13,17-18H2,1-2H3/b7-6+. The predicted octanol–water partition coefficient (Wildman–Crippen LogP) is 4.23. The zero-order valence-electron chi connectivity index (χ0n) is 22.9. The van der Waals surface area contributed by atoms with Gasteiger partial charge in [0.05, 0.1) is 19.3 Å². The first-order valence-corrected chi connectivity index (χ1v) is 13.9. The minimum atomic E-state index is -0.688. The van der Waals surface area contributed by atoms with E-state index in [2.05, 4.69) is 9.88 Å². The topological polar surface area (TPSA) is 89.0 Å². The minimum Gasteiger partial charge on any atom is -0.496 e. The highest BCUT2D eigenvalue weighted by atomic mass is 19.1. The Hall–Kier alpha value is -3.27. The molecule has 0 aliphatic carbocycles. The maximum absolute atomic E-state index is 13.4. The summed E-state index contributed by atoms with van der Waals surface area (Å²) in [6.45, 7) is 4.77. The van der Waals surface area contributed by atoms with Crippen molar-refractivity contribution in [1.29, 1.82) is 0 Å². The van der Waals surface area contributed by atoms with Crippen LogP contribution in [0.15, 0.2) is 42.5 Å². The largest absolute Gasteiger partial charge is 0.496 e. The van der Waals surface area contributed by atoms with Gasteiger partial charge in [0.2, 0.25) is 5.91 Å². The van der Waals surface area contributed by atoms with E-state index in [1.165, 1.54) is 24.3 Å². The van der Waals surface area contributed by atoms with Gasteiger partial charge in [0.1, 0.15) is 17.4 Å². The van der Waals surface area contributed by atoms with Crippen molar-refractivity contribution in [3.05, 3.63) is 70.9 Å². The molecule has 2 fully saturated rings. The fraction of sp³-hybridized carbons (Fsp3) is 0.452. The van der Waals surface area contributed by atoms with E-state index in [0.29, 0.717) is 44.6 Å². The second-order valence-corrected chi connectivity index (χ2v) is 11.0. The lowest BCUT2D eigenvalue weighted by Gasteiger charge is -2.39. The van der Waals surface area contributed by atoms with Crippen LogP contribution in [0, 0.1) is 24.5 Å². The lowest BCUT2D eigenvalue weighted by molar-refractivity contribution is -0.128. The summed E-state index contributed by atoms with van der Waals surface area (Å²) < 4.78 is 32.4. The fourth-order valence-electron chi connectivity index (χ4n) is 6.37. The molecular weight excluding hydrogens is 516 g/mol. The summed E-state index contributed by atoms with van der Waals surface area (Å²) in [5.74, 6) is -0.763. The molecule has 7 nitrogen and oxygen atoms in total. The van der Waals surface area contributed by atoms with Crippen molar-refractivity contribution in [2.45, 2.75) is 44.3 Å². The normalized spacial score (nSPS) is 21.8. The van der Waals surface area contributed by atoms with E-state index in [0.717, 1.165) is 46.9 Å². The van der Waals surface area contributed by atoms with Crippen LogP contribution in [0.5, 0.6) is 5.75 Å². The Labute approximate surface area is 233 Å². The van der Waals surface area contributed by atoms with Gasteiger partial charge in [-0.15, -0.1) is 0 Å². The highest BCUT2D eigenvalue weighted by Crippen LogP contribution is 2.40. The van der Waals surface area contributed by atoms with E-state index in [1.807, 2.05) is 25.1 Å². The molecule has 1 amide bonds. The number of halogens is 2. The molecule has 214 valence electrons. The van der Waals surface area contributed by atoms with Crippen molar-refractivity contribution in [3.8, 4) is 5.75 Å². The van der Waals surface area contributed by atoms with E-state index in [9.17, 15) is 23.8 Å². The molecule has 0 spiro atoms. The molecule has 2 aliphatic rings. The van der Waals surface area contributed by atoms with E-state index in [-0.39, 0.29) is 17.7 Å². The first-order chi connectivity index (χ1) is 19.2. The number of rotatable bonds is 7. The number of nitrogens with one attached hydrogen (secondary N) is 1. The molecule has 2 aliphatic heterocycles. The van der Waals surface area contributed by atoms with Gasteiger partial charge in [-0.05, 0) is 80.1 Å². The Morgan fingerprint density at radius 1 is 1.15 bits per heavy atom. The number of carbonyl (C=O) groups is 1. The minimum absolute atomic E-state index is 0.0235. The number of ether oxygens (including phenoxy) is 1. The number of β-amino-alcohol motifs (C(OH)–C–C–N with tert-alkyl or cyclic N) is 2. The number of methoxy groups -OCH3 is 1. The number of hydrogen-bond acceptors (Lipinski definition) is 5. The number of piperidine rings is 2. The first-order valence-electron chi connectivity index (χ1n) is 13.9. The number of aromatic nitrogens is 1. The van der Waals surface area contributed by atoms with Gasteiger partial charge < -0.3 is 24.8 Å². The van der Waals surface area contributed by atoms with Gasteiger partial charge in [-0.2, -0.15) is 0 Å². The Balaban J connectivity index is 1.13. The molecule has 3 N–H and O–H groups in total. The van der Waals surface area contributed by atoms with E-state index in [1.54, 1.807) is 12.0 Å². The van der Waals surface area contributed by atoms with Crippen molar-refractivity contribution in [2.24, 2.45) is 5.92 Å². The molecule has 0 radical (unpaired) electrons. The molecule has 0 saturated carbocycles. The molecule has 2 saturated heterocycles. The average Bonchev–Trinajstić information content (AvgIpc) is 3.27. The molecule has 3 atom stereocenters. The first kappa shape index (κ1) is 28.3. The quantitative estimate of drug-likeness (QED) is 0.381. The summed E-state index contributed by atoms with van der Waals surface area (Å²) in [6, 6.07) is 9.06. The smallest absolute Gasteiger partial charge is 0.246 e. The number of fused-ring (bicyclic) bond motifs is 1. The summed E-state index contributed by atoms with van der Waals surface area (Å²) in [5, 5.41) is 23.2. The molecular formula is C31H37F2N3O4. The van der Waals surface area contributed by atoms with Gasteiger partial charge in [-0.25, -0.2) is 8.78 Å². The third-order valence-electron chi connectivity index (χ3n) is 8.42. The molecule has 40 heavy (non-hydrogen) atoms. The van der Waals surface area contributed by atoms with E-state index >= 15 is 0 Å². The van der Waals surface area contributed by atoms with Crippen LogP contribution in [-0.4, -0.2) is 82.9 Å². The number of hydrogen-bond donors (Lipinski definition) is 3. The van der Waals surface area contributed by atoms with Crippen LogP contribution >= 0.6 is 0 Å². The number of likely N-dealkylation sites (tertiary alicyclic amines) is 2. The van der Waals surface area contributed by atoms with Crippen molar-refractivity contribution in [1.82, 2.24) is 14.8 Å². The van der Waals surface area contributed by atoms with Crippen molar-refractivity contribution in [2.75, 3.05) is 39.8 Å². The van der Waals surface area contributed by atoms with Gasteiger partial charge >= 0.3 is 0 Å². The Morgan fingerprint density at radius 2 is 1.88 bits per heavy atom. The maximum Gasteiger partial charge on any atom is 0.246 e. The lowest BCUT2D eigenvalue weighted by Crippen LogP contribution is -2.48. The van der Waals surface area contributed by atoms with Gasteiger partial charge in [0.25, 0.3) is 0 Å². The summed E-state index contributed by atoms with van der Waals surface area (Å²) >= 11 is 0. The molecule has 3 aromatic rings. The number of aliphatic hydroxyl groups excluding tert-OH is 2. The van der Waals surface area contributed by atoms with Crippen LogP contribution in [0.25, 0.3) is 17.0 Å². The Bertz CT molecular complexity index is 1360. The second kappa shape index (κ2) is 12.1. The predicted molar refractivity (Wildman–Crippen MR) is 150 cm³/mol. The number of amides is 1. The van der Waals surface area contributed by atoms with Crippen LogP contribution in [0.1, 0.15) is 42.0 Å². The second-order valence-electron chi connectivity index (χ2n) is 11.0. The average molecular weight is 554 g/mol. The Kier molecular flexibility index (Phi) is 8.54. The maximum atomic E-state index is 13.4. The highest BCUT2D eigenvalue weighted by molar-refractivity contribution is 5.92. The van der Waals surface area contributed by atoms with Gasteiger partial charge in [0, 0.05) is 60.8 Å². The fourth-order valence-corrected chi connectivity index (χ4v) is 6.37. The summed E-state index contributed by atoms with van der Waals surface area (Å²) in [5.41, 5.74) is 3.44. The monoisotopic (exact) mass is 553 g/mol. The number of carbonyl (C=O) groups excluding carboxylic acids is 1. The summed E-state index contributed by atoms with van der Waals surface area (Å²) in [6.07, 6.45) is 3.74. The van der Waals surface area contributed by atoms with Crippen molar-refractivity contribution < 1.29 is 28.5 Å². The van der Waals surface area contributed by atoms with Crippen LogP contribution in [0.3, 0.4) is 0 Å². The van der Waals surface area contributed by atoms with Crippen molar-refractivity contribution >= 4 is 22.9 Å². The lowest BCUT2D eigenvalue weighted by atomic mass is 9.84. The van der Waals surface area contributed by atoms with Gasteiger partial charge in [0.15, 0.2) is 0 Å². The number of benzene rings is 2. The molecule has 3 unspecified atom stereocenters. The van der Waals surface area contributed by atoms with Gasteiger partial charge in [-0.3, -0.25) is 9.69 Å².